The lowest BCUT2D eigenvalue weighted by Crippen LogP contribution is -2.51. The minimum Gasteiger partial charge on any atom is -0.508 e. The fourth-order valence-electron chi connectivity index (χ4n) is 5.26. The molecule has 2 atom stereocenters. The Morgan fingerprint density at radius 2 is 1.53 bits per heavy atom. The highest BCUT2D eigenvalue weighted by Crippen LogP contribution is 2.28. The zero-order valence-electron chi connectivity index (χ0n) is 25.2. The topological polar surface area (TPSA) is 177 Å². The van der Waals surface area contributed by atoms with Gasteiger partial charge in [-0.25, -0.2) is 4.79 Å². The van der Waals surface area contributed by atoms with Gasteiger partial charge < -0.3 is 36.4 Å². The standard InChI is InChI=1S/C35H33N5O7/c41-26-14-11-22(12-15-26)17-30-33(45)39-28-16-13-25(37-35(47)36-20-23-7-3-1-4-8-23)18-27(28)34(46)40(30)21-31(42)38-29(19-32(43)44)24-9-5-2-6-10-24/h1-16,18,29-30,41H,17,19-21H2,(H,38,42)(H,39,45)(H,43,44)(H2,36,37,47). The number of aromatic hydroxyl groups is 1. The molecule has 47 heavy (non-hydrogen) atoms. The maximum atomic E-state index is 14.1. The Morgan fingerprint density at radius 1 is 0.851 bits per heavy atom. The Morgan fingerprint density at radius 3 is 2.21 bits per heavy atom. The lowest BCUT2D eigenvalue weighted by molar-refractivity contribution is -0.137. The number of fused-ring (bicyclic) bond motifs is 1. The van der Waals surface area contributed by atoms with Crippen molar-refractivity contribution >= 4 is 41.1 Å². The van der Waals surface area contributed by atoms with Crippen molar-refractivity contribution in [2.75, 3.05) is 17.2 Å². The summed E-state index contributed by atoms with van der Waals surface area (Å²) >= 11 is 0. The first-order valence-electron chi connectivity index (χ1n) is 14.8. The number of anilines is 2. The average Bonchev–Trinajstić information content (AvgIpc) is 3.15. The van der Waals surface area contributed by atoms with Crippen LogP contribution in [0.2, 0.25) is 0 Å². The molecular weight excluding hydrogens is 602 g/mol. The largest absolute Gasteiger partial charge is 0.508 e. The lowest BCUT2D eigenvalue weighted by atomic mass is 10.0. The van der Waals surface area contributed by atoms with E-state index in [1.165, 1.54) is 24.3 Å². The van der Waals surface area contributed by atoms with Crippen LogP contribution in [0, 0.1) is 0 Å². The monoisotopic (exact) mass is 635 g/mol. The quantitative estimate of drug-likeness (QED) is 0.144. The number of phenolic OH excluding ortho intramolecular Hbond substituents is 1. The number of carboxylic acid groups (broad SMARTS) is 1. The number of carbonyl (C=O) groups excluding carboxylic acids is 4. The first-order valence-corrected chi connectivity index (χ1v) is 14.8. The number of amides is 5. The fourth-order valence-corrected chi connectivity index (χ4v) is 5.26. The van der Waals surface area contributed by atoms with Gasteiger partial charge in [-0.2, -0.15) is 0 Å². The molecule has 4 aromatic carbocycles. The Balaban J connectivity index is 1.40. The molecule has 0 radical (unpaired) electrons. The summed E-state index contributed by atoms with van der Waals surface area (Å²) in [6.07, 6.45) is -0.380. The van der Waals surface area contributed by atoms with E-state index in [1.807, 2.05) is 30.3 Å². The fraction of sp³-hybridized carbons (Fsp3) is 0.171. The third-order valence-electron chi connectivity index (χ3n) is 7.60. The summed E-state index contributed by atoms with van der Waals surface area (Å²) in [5.41, 5.74) is 2.61. The van der Waals surface area contributed by atoms with Gasteiger partial charge in [0.05, 0.1) is 23.7 Å². The number of urea groups is 1. The van der Waals surface area contributed by atoms with Gasteiger partial charge in [0.15, 0.2) is 0 Å². The van der Waals surface area contributed by atoms with Gasteiger partial charge in [0, 0.05) is 18.7 Å². The Kier molecular flexibility index (Phi) is 10.1. The predicted molar refractivity (Wildman–Crippen MR) is 174 cm³/mol. The molecule has 5 amide bonds. The highest BCUT2D eigenvalue weighted by atomic mass is 16.4. The zero-order chi connectivity index (χ0) is 33.3. The van der Waals surface area contributed by atoms with Gasteiger partial charge in [-0.3, -0.25) is 19.2 Å². The number of carboxylic acids is 1. The van der Waals surface area contributed by atoms with Gasteiger partial charge in [0.25, 0.3) is 5.91 Å². The molecule has 0 saturated carbocycles. The summed E-state index contributed by atoms with van der Waals surface area (Å²) in [6, 6.07) is 25.9. The first-order chi connectivity index (χ1) is 22.7. The number of nitrogens with one attached hydrogen (secondary N) is 4. The van der Waals surface area contributed by atoms with E-state index in [0.29, 0.717) is 11.1 Å². The van der Waals surface area contributed by atoms with Gasteiger partial charge in [-0.15, -0.1) is 0 Å². The van der Waals surface area contributed by atoms with Crippen molar-refractivity contribution in [1.82, 2.24) is 15.5 Å². The summed E-state index contributed by atoms with van der Waals surface area (Å²) in [6.45, 7) is -0.285. The van der Waals surface area contributed by atoms with Gasteiger partial charge in [-0.05, 0) is 47.0 Å². The van der Waals surface area contributed by atoms with Gasteiger partial charge in [0.1, 0.15) is 18.3 Å². The van der Waals surface area contributed by atoms with Crippen molar-refractivity contribution < 1.29 is 34.2 Å². The smallest absolute Gasteiger partial charge is 0.319 e. The van der Waals surface area contributed by atoms with Crippen LogP contribution in [0.15, 0.2) is 103 Å². The maximum Gasteiger partial charge on any atom is 0.319 e. The molecule has 0 bridgehead atoms. The molecule has 2 unspecified atom stereocenters. The SMILES string of the molecule is O=C(O)CC(NC(=O)CN1C(=O)c2cc(NC(=O)NCc3ccccc3)ccc2NC(=O)C1Cc1ccc(O)cc1)c1ccccc1. The normalized spacial score (nSPS) is 14.6. The minimum atomic E-state index is -1.15. The summed E-state index contributed by atoms with van der Waals surface area (Å²) in [7, 11) is 0. The van der Waals surface area contributed by atoms with Crippen LogP contribution in [0.3, 0.4) is 0 Å². The van der Waals surface area contributed by atoms with Gasteiger partial charge in [-0.1, -0.05) is 72.8 Å². The van der Waals surface area contributed by atoms with Crippen LogP contribution in [0.5, 0.6) is 5.75 Å². The molecule has 12 nitrogen and oxygen atoms in total. The minimum absolute atomic E-state index is 0.0172. The number of hydrogen-bond donors (Lipinski definition) is 6. The number of hydrogen-bond acceptors (Lipinski definition) is 6. The van der Waals surface area contributed by atoms with Crippen LogP contribution in [0.1, 0.15) is 39.5 Å². The third kappa shape index (κ3) is 8.51. The molecule has 12 heteroatoms. The number of nitrogens with zero attached hydrogens (tertiary/aromatic N) is 1. The van der Waals surface area contributed by atoms with E-state index >= 15 is 0 Å². The molecule has 0 spiro atoms. The number of rotatable bonds is 11. The maximum absolute atomic E-state index is 14.1. The predicted octanol–water partition coefficient (Wildman–Crippen LogP) is 4.05. The van der Waals surface area contributed by atoms with E-state index in [1.54, 1.807) is 48.5 Å². The molecule has 0 aliphatic carbocycles. The molecule has 4 aromatic rings. The first kappa shape index (κ1) is 32.2. The summed E-state index contributed by atoms with van der Waals surface area (Å²) in [5.74, 6) is -2.98. The summed E-state index contributed by atoms with van der Waals surface area (Å²) in [5, 5.41) is 30.1. The van der Waals surface area contributed by atoms with Crippen molar-refractivity contribution in [1.29, 1.82) is 0 Å². The summed E-state index contributed by atoms with van der Waals surface area (Å²) < 4.78 is 0. The molecular formula is C35H33N5O7. The number of phenols is 1. The molecule has 6 N–H and O–H groups in total. The van der Waals surface area contributed by atoms with Crippen molar-refractivity contribution in [3.63, 3.8) is 0 Å². The van der Waals surface area contributed by atoms with Crippen LogP contribution < -0.4 is 21.3 Å². The summed E-state index contributed by atoms with van der Waals surface area (Å²) in [4.78, 5) is 66.6. The van der Waals surface area contributed by atoms with Crippen LogP contribution in [0.4, 0.5) is 16.2 Å². The Labute approximate surface area is 270 Å². The van der Waals surface area contributed by atoms with Gasteiger partial charge >= 0.3 is 12.0 Å². The molecule has 1 aliphatic rings. The second kappa shape index (κ2) is 14.7. The van der Waals surface area contributed by atoms with Crippen LogP contribution in [-0.2, 0) is 27.3 Å². The van der Waals surface area contributed by atoms with E-state index in [0.717, 1.165) is 10.5 Å². The van der Waals surface area contributed by atoms with Crippen molar-refractivity contribution in [2.24, 2.45) is 0 Å². The van der Waals surface area contributed by atoms with Crippen molar-refractivity contribution in [3.05, 3.63) is 125 Å². The molecule has 5 rings (SSSR count). The third-order valence-corrected chi connectivity index (χ3v) is 7.60. The second-order valence-corrected chi connectivity index (χ2v) is 11.0. The van der Waals surface area contributed by atoms with Crippen LogP contribution in [0.25, 0.3) is 0 Å². The molecule has 240 valence electrons. The lowest BCUT2D eigenvalue weighted by Gasteiger charge is -2.29. The van der Waals surface area contributed by atoms with Gasteiger partial charge in [0.2, 0.25) is 11.8 Å². The van der Waals surface area contributed by atoms with Crippen LogP contribution >= 0.6 is 0 Å². The Bertz CT molecular complexity index is 1760. The molecule has 1 aliphatic heterocycles. The van der Waals surface area contributed by atoms with E-state index < -0.39 is 54.8 Å². The van der Waals surface area contributed by atoms with E-state index in [9.17, 15) is 34.2 Å². The molecule has 0 saturated heterocycles. The van der Waals surface area contributed by atoms with E-state index in [2.05, 4.69) is 21.3 Å². The van der Waals surface area contributed by atoms with Crippen molar-refractivity contribution in [2.45, 2.75) is 31.5 Å². The molecule has 1 heterocycles. The molecule has 0 aromatic heterocycles. The van der Waals surface area contributed by atoms with Crippen molar-refractivity contribution in [3.8, 4) is 5.75 Å². The zero-order valence-corrected chi connectivity index (χ0v) is 25.2. The molecule has 0 fully saturated rings. The number of benzene rings is 4. The van der Waals surface area contributed by atoms with E-state index in [4.69, 9.17) is 0 Å². The van der Waals surface area contributed by atoms with E-state index in [-0.39, 0.29) is 35.7 Å². The number of carbonyl (C=O) groups is 5. The second-order valence-electron chi connectivity index (χ2n) is 11.0. The van der Waals surface area contributed by atoms with Crippen LogP contribution in [-0.4, -0.2) is 57.4 Å². The number of aliphatic carboxylic acids is 1. The Hall–Kier alpha value is -6.17. The highest BCUT2D eigenvalue weighted by molar-refractivity contribution is 6.11. The highest BCUT2D eigenvalue weighted by Gasteiger charge is 2.37. The average molecular weight is 636 g/mol.